The molecular weight excluding hydrogens is 243 g/mol. The van der Waals surface area contributed by atoms with E-state index in [4.69, 9.17) is 5.73 Å². The third-order valence-corrected chi connectivity index (χ3v) is 4.22. The fraction of sp³-hybridized carbons (Fsp3) is 1.00. The molecule has 0 radical (unpaired) electrons. The number of hydrogen-bond donors (Lipinski definition) is 1. The van der Waals surface area contributed by atoms with Gasteiger partial charge in [0.25, 0.3) is 0 Å². The second-order valence-corrected chi connectivity index (χ2v) is 5.39. The summed E-state index contributed by atoms with van der Waals surface area (Å²) in [7, 11) is 0. The van der Waals surface area contributed by atoms with E-state index in [0.29, 0.717) is 25.6 Å². The van der Waals surface area contributed by atoms with E-state index in [1.165, 1.54) is 0 Å². The first kappa shape index (κ1) is 14.1. The molecule has 3 unspecified atom stereocenters. The molecule has 0 bridgehead atoms. The van der Waals surface area contributed by atoms with Crippen molar-refractivity contribution in [2.24, 2.45) is 5.73 Å². The summed E-state index contributed by atoms with van der Waals surface area (Å²) in [6, 6.07) is -2.00. The first-order valence-electron chi connectivity index (χ1n) is 6.74. The van der Waals surface area contributed by atoms with Crippen LogP contribution in [0.5, 0.6) is 0 Å². The summed E-state index contributed by atoms with van der Waals surface area (Å²) in [5.41, 5.74) is 5.70. The van der Waals surface area contributed by atoms with Crippen molar-refractivity contribution in [2.45, 2.75) is 50.5 Å². The molecule has 3 atom stereocenters. The predicted molar refractivity (Wildman–Crippen MR) is 64.3 cm³/mol. The number of hydrogen-bond acceptors (Lipinski definition) is 3. The molecule has 0 aromatic heterocycles. The monoisotopic (exact) mass is 265 g/mol. The van der Waals surface area contributed by atoms with Gasteiger partial charge in [-0.3, -0.25) is 9.80 Å². The highest BCUT2D eigenvalue weighted by Gasteiger charge is 2.48. The smallest absolute Gasteiger partial charge is 0.326 e. The van der Waals surface area contributed by atoms with Crippen LogP contribution in [0.3, 0.4) is 0 Å². The van der Waals surface area contributed by atoms with Gasteiger partial charge in [0, 0.05) is 31.7 Å². The molecule has 106 valence electrons. The van der Waals surface area contributed by atoms with Gasteiger partial charge in [-0.15, -0.1) is 0 Å². The Labute approximate surface area is 106 Å². The van der Waals surface area contributed by atoms with Crippen LogP contribution in [0, 0.1) is 0 Å². The Hall–Kier alpha value is -0.330. The van der Waals surface area contributed by atoms with Crippen LogP contribution >= 0.6 is 0 Å². The lowest BCUT2D eigenvalue weighted by Gasteiger charge is -2.43. The fourth-order valence-electron chi connectivity index (χ4n) is 3.21. The van der Waals surface area contributed by atoms with Crippen LogP contribution in [-0.4, -0.2) is 60.3 Å². The van der Waals surface area contributed by atoms with Gasteiger partial charge in [0.1, 0.15) is 6.04 Å². The molecule has 2 fully saturated rings. The summed E-state index contributed by atoms with van der Waals surface area (Å²) >= 11 is 0. The van der Waals surface area contributed by atoms with E-state index >= 15 is 0 Å². The zero-order valence-corrected chi connectivity index (χ0v) is 10.8. The summed E-state index contributed by atoms with van der Waals surface area (Å²) in [6.07, 6.45) is -1.75. The summed E-state index contributed by atoms with van der Waals surface area (Å²) < 4.78 is 39.5. The van der Waals surface area contributed by atoms with Gasteiger partial charge < -0.3 is 5.73 Å². The third kappa shape index (κ3) is 2.81. The second kappa shape index (κ2) is 5.35. The van der Waals surface area contributed by atoms with E-state index in [-0.39, 0.29) is 0 Å². The second-order valence-electron chi connectivity index (χ2n) is 5.39. The Morgan fingerprint density at radius 2 is 2.00 bits per heavy atom. The van der Waals surface area contributed by atoms with Crippen molar-refractivity contribution in [3.63, 3.8) is 0 Å². The van der Waals surface area contributed by atoms with Gasteiger partial charge in [-0.2, -0.15) is 13.2 Å². The van der Waals surface area contributed by atoms with Gasteiger partial charge >= 0.3 is 6.18 Å². The quantitative estimate of drug-likeness (QED) is 0.838. The van der Waals surface area contributed by atoms with Crippen LogP contribution in [-0.2, 0) is 0 Å². The zero-order valence-electron chi connectivity index (χ0n) is 10.8. The largest absolute Gasteiger partial charge is 0.405 e. The predicted octanol–water partition coefficient (Wildman–Crippen LogP) is 1.43. The average molecular weight is 265 g/mol. The average Bonchev–Trinajstić information content (AvgIpc) is 2.74. The number of piperazine rings is 1. The van der Waals surface area contributed by atoms with E-state index in [9.17, 15) is 13.2 Å². The van der Waals surface area contributed by atoms with Gasteiger partial charge in [-0.1, -0.05) is 6.92 Å². The van der Waals surface area contributed by atoms with Crippen LogP contribution in [0.15, 0.2) is 0 Å². The molecule has 0 amide bonds. The maximum absolute atomic E-state index is 13.2. The molecule has 2 N–H and O–H groups in total. The minimum Gasteiger partial charge on any atom is -0.326 e. The van der Waals surface area contributed by atoms with Crippen LogP contribution in [0.2, 0.25) is 0 Å². The SMILES string of the molecule is CCC(N)C(N1CCN2CCCC2C1)C(F)(F)F. The van der Waals surface area contributed by atoms with Gasteiger partial charge in [0.2, 0.25) is 0 Å². The number of nitrogens with zero attached hydrogens (tertiary/aromatic N) is 2. The molecule has 0 saturated carbocycles. The van der Waals surface area contributed by atoms with Crippen molar-refractivity contribution < 1.29 is 13.2 Å². The Morgan fingerprint density at radius 1 is 1.28 bits per heavy atom. The topological polar surface area (TPSA) is 32.5 Å². The number of rotatable bonds is 3. The summed E-state index contributed by atoms with van der Waals surface area (Å²) in [4.78, 5) is 3.86. The highest BCUT2D eigenvalue weighted by molar-refractivity contribution is 4.94. The van der Waals surface area contributed by atoms with Crippen LogP contribution in [0.1, 0.15) is 26.2 Å². The Bertz CT molecular complexity index is 282. The molecular formula is C12H22F3N3. The van der Waals surface area contributed by atoms with Crippen LogP contribution in [0.25, 0.3) is 0 Å². The van der Waals surface area contributed by atoms with Gasteiger partial charge in [-0.05, 0) is 25.8 Å². The maximum atomic E-state index is 13.2. The number of halogens is 3. The number of alkyl halides is 3. The molecule has 0 spiro atoms. The minimum absolute atomic E-state index is 0.299. The van der Waals surface area contributed by atoms with Crippen molar-refractivity contribution in [2.75, 3.05) is 26.2 Å². The Kier molecular flexibility index (Phi) is 4.18. The van der Waals surface area contributed by atoms with Crippen molar-refractivity contribution in [3.05, 3.63) is 0 Å². The van der Waals surface area contributed by atoms with E-state index in [1.807, 2.05) is 0 Å². The van der Waals surface area contributed by atoms with E-state index < -0.39 is 18.3 Å². The van der Waals surface area contributed by atoms with Crippen molar-refractivity contribution in [1.29, 1.82) is 0 Å². The molecule has 0 aromatic rings. The molecule has 3 nitrogen and oxygen atoms in total. The normalized spacial score (nSPS) is 30.2. The lowest BCUT2D eigenvalue weighted by Crippen LogP contribution is -2.62. The summed E-state index contributed by atoms with van der Waals surface area (Å²) in [5.74, 6) is 0. The zero-order chi connectivity index (χ0) is 13.3. The Morgan fingerprint density at radius 3 is 2.61 bits per heavy atom. The first-order valence-corrected chi connectivity index (χ1v) is 6.74. The molecule has 6 heteroatoms. The Balaban J connectivity index is 2.07. The highest BCUT2D eigenvalue weighted by atomic mass is 19.4. The lowest BCUT2D eigenvalue weighted by atomic mass is 10.0. The van der Waals surface area contributed by atoms with Gasteiger partial charge in [-0.25, -0.2) is 0 Å². The number of fused-ring (bicyclic) bond motifs is 1. The molecule has 18 heavy (non-hydrogen) atoms. The molecule has 2 saturated heterocycles. The van der Waals surface area contributed by atoms with Gasteiger partial charge in [0.15, 0.2) is 0 Å². The standard InChI is InChI=1S/C12H22F3N3/c1-2-10(16)11(12(13,14)15)18-7-6-17-5-3-4-9(17)8-18/h9-11H,2-8,16H2,1H3. The summed E-state index contributed by atoms with van der Waals surface area (Å²) in [6.45, 7) is 4.49. The fourth-order valence-corrected chi connectivity index (χ4v) is 3.21. The molecule has 0 aliphatic carbocycles. The molecule has 2 aliphatic rings. The van der Waals surface area contributed by atoms with Crippen molar-refractivity contribution in [1.82, 2.24) is 9.80 Å². The minimum atomic E-state index is -4.23. The van der Waals surface area contributed by atoms with Crippen LogP contribution < -0.4 is 5.73 Å². The lowest BCUT2D eigenvalue weighted by molar-refractivity contribution is -0.195. The summed E-state index contributed by atoms with van der Waals surface area (Å²) in [5, 5.41) is 0. The van der Waals surface area contributed by atoms with E-state index in [1.54, 1.807) is 11.8 Å². The number of nitrogens with two attached hydrogens (primary N) is 1. The van der Waals surface area contributed by atoms with Gasteiger partial charge in [0.05, 0.1) is 0 Å². The third-order valence-electron chi connectivity index (χ3n) is 4.22. The van der Waals surface area contributed by atoms with E-state index in [0.717, 1.165) is 25.9 Å². The first-order chi connectivity index (χ1) is 8.43. The molecule has 2 rings (SSSR count). The van der Waals surface area contributed by atoms with Crippen molar-refractivity contribution >= 4 is 0 Å². The highest BCUT2D eigenvalue weighted by Crippen LogP contribution is 2.31. The van der Waals surface area contributed by atoms with Crippen LogP contribution in [0.4, 0.5) is 13.2 Å². The molecule has 0 aromatic carbocycles. The molecule has 2 aliphatic heterocycles. The maximum Gasteiger partial charge on any atom is 0.405 e. The van der Waals surface area contributed by atoms with Crippen molar-refractivity contribution in [3.8, 4) is 0 Å². The van der Waals surface area contributed by atoms with E-state index in [2.05, 4.69) is 4.90 Å². The molecule has 2 heterocycles.